The number of halogens is 1. The molecule has 0 aliphatic carbocycles. The second kappa shape index (κ2) is 10.5. The van der Waals surface area contributed by atoms with E-state index in [1.807, 2.05) is 23.1 Å². The third-order valence-electron chi connectivity index (χ3n) is 5.35. The van der Waals surface area contributed by atoms with E-state index in [0.29, 0.717) is 30.2 Å². The maximum atomic E-state index is 12.7. The van der Waals surface area contributed by atoms with E-state index >= 15 is 0 Å². The van der Waals surface area contributed by atoms with Crippen LogP contribution in [-0.2, 0) is 11.2 Å². The second-order valence-electron chi connectivity index (χ2n) is 7.52. The molecule has 0 atom stereocenters. The van der Waals surface area contributed by atoms with Crippen molar-refractivity contribution in [3.8, 4) is 0 Å². The Labute approximate surface area is 199 Å². The summed E-state index contributed by atoms with van der Waals surface area (Å²) >= 11 is 7.61. The first-order valence-corrected chi connectivity index (χ1v) is 11.6. The van der Waals surface area contributed by atoms with Gasteiger partial charge in [-0.2, -0.15) is 5.10 Å². The van der Waals surface area contributed by atoms with Crippen molar-refractivity contribution in [1.29, 1.82) is 0 Å². The van der Waals surface area contributed by atoms with Gasteiger partial charge in [-0.25, -0.2) is 15.4 Å². The van der Waals surface area contributed by atoms with Crippen LogP contribution in [0.25, 0.3) is 0 Å². The average molecular weight is 484 g/mol. The minimum Gasteiger partial charge on any atom is -0.380 e. The number of carbonyl (C=O) groups is 2. The number of piperidine rings is 1. The number of amides is 2. The molecule has 0 spiro atoms. The highest BCUT2D eigenvalue weighted by Crippen LogP contribution is 2.30. The van der Waals surface area contributed by atoms with Crippen LogP contribution in [0.2, 0.25) is 5.02 Å². The van der Waals surface area contributed by atoms with Gasteiger partial charge in [-0.05, 0) is 24.5 Å². The Hall–Kier alpha value is -3.37. The summed E-state index contributed by atoms with van der Waals surface area (Å²) in [5.74, 6) is -0.120. The van der Waals surface area contributed by atoms with Gasteiger partial charge in [0.05, 0.1) is 17.6 Å². The van der Waals surface area contributed by atoms with E-state index in [4.69, 9.17) is 17.3 Å². The monoisotopic (exact) mass is 483 g/mol. The number of thiazole rings is 1. The van der Waals surface area contributed by atoms with Crippen molar-refractivity contribution in [2.45, 2.75) is 25.2 Å². The number of nitrogens with zero attached hydrogens (tertiary/aromatic N) is 5. The topological polar surface area (TPSA) is 126 Å². The molecule has 170 valence electrons. The van der Waals surface area contributed by atoms with Crippen molar-refractivity contribution < 1.29 is 9.59 Å². The predicted octanol–water partition coefficient (Wildman–Crippen LogP) is 2.59. The van der Waals surface area contributed by atoms with E-state index in [-0.39, 0.29) is 23.4 Å². The fourth-order valence-electron chi connectivity index (χ4n) is 3.53. The number of rotatable bonds is 6. The molecule has 0 bridgehead atoms. The van der Waals surface area contributed by atoms with Gasteiger partial charge in [0.1, 0.15) is 11.4 Å². The van der Waals surface area contributed by atoms with Crippen molar-refractivity contribution in [3.05, 3.63) is 75.2 Å². The smallest absolute Gasteiger partial charge is 0.290 e. The number of hydrogen-bond acceptors (Lipinski definition) is 7. The minimum atomic E-state index is -0.448. The number of nitrogens with one attached hydrogen (secondary N) is 1. The molecular formula is C22H22ClN7O2S. The number of hydrazone groups is 1. The van der Waals surface area contributed by atoms with Gasteiger partial charge < -0.3 is 10.6 Å². The molecule has 2 amide bonds. The molecule has 3 aromatic rings. The summed E-state index contributed by atoms with van der Waals surface area (Å²) in [5, 5.41) is 7.06. The van der Waals surface area contributed by atoms with Gasteiger partial charge in [0.2, 0.25) is 5.91 Å². The largest absolute Gasteiger partial charge is 0.380 e. The van der Waals surface area contributed by atoms with Crippen molar-refractivity contribution in [2.75, 3.05) is 13.1 Å². The van der Waals surface area contributed by atoms with E-state index < -0.39 is 5.91 Å². The van der Waals surface area contributed by atoms with Gasteiger partial charge in [0.15, 0.2) is 5.84 Å². The summed E-state index contributed by atoms with van der Waals surface area (Å²) in [6, 6.07) is 7.40. The third-order valence-corrected chi connectivity index (χ3v) is 6.73. The standard InChI is InChI=1S/C22H22ClN7O2S/c23-16-4-2-1-3-15(16)11-19(31)30-9-5-14(6-10-30)22-27-18(13-33-22)21(32)29-28-20(24)17-12-25-7-8-26-17/h1-4,7-8,12-14H,5-6,9-11H2,(H2,24,28)(H,29,32). The Bertz CT molecular complexity index is 1160. The van der Waals surface area contributed by atoms with Gasteiger partial charge in [0, 0.05) is 41.8 Å². The molecule has 9 nitrogen and oxygen atoms in total. The van der Waals surface area contributed by atoms with Crippen molar-refractivity contribution >= 4 is 40.6 Å². The zero-order chi connectivity index (χ0) is 23.2. The van der Waals surface area contributed by atoms with Crippen molar-refractivity contribution in [2.24, 2.45) is 10.8 Å². The lowest BCUT2D eigenvalue weighted by molar-refractivity contribution is -0.131. The van der Waals surface area contributed by atoms with Crippen molar-refractivity contribution in [3.63, 3.8) is 0 Å². The first-order valence-electron chi connectivity index (χ1n) is 10.4. The molecule has 11 heteroatoms. The molecule has 3 N–H and O–H groups in total. The fraction of sp³-hybridized carbons (Fsp3) is 0.273. The van der Waals surface area contributed by atoms with E-state index in [1.54, 1.807) is 11.4 Å². The van der Waals surface area contributed by atoms with Crippen LogP contribution < -0.4 is 11.2 Å². The van der Waals surface area contributed by atoms with Crippen LogP contribution in [0.5, 0.6) is 0 Å². The highest BCUT2D eigenvalue weighted by atomic mass is 35.5. The van der Waals surface area contributed by atoms with Gasteiger partial charge >= 0.3 is 0 Å². The van der Waals surface area contributed by atoms with E-state index in [9.17, 15) is 9.59 Å². The summed E-state index contributed by atoms with van der Waals surface area (Å²) in [4.78, 5) is 39.3. The molecule has 1 aromatic carbocycles. The van der Waals surface area contributed by atoms with Crippen LogP contribution in [0.4, 0.5) is 0 Å². The quantitative estimate of drug-likeness (QED) is 0.315. The molecule has 0 unspecified atom stereocenters. The Morgan fingerprint density at radius 2 is 2.00 bits per heavy atom. The number of nitrogens with two attached hydrogens (primary N) is 1. The molecule has 0 saturated carbocycles. The van der Waals surface area contributed by atoms with E-state index in [2.05, 4.69) is 25.5 Å². The van der Waals surface area contributed by atoms with Gasteiger partial charge in [0.25, 0.3) is 5.91 Å². The zero-order valence-corrected chi connectivity index (χ0v) is 19.2. The molecule has 1 fully saturated rings. The number of carbonyl (C=O) groups excluding carboxylic acids is 2. The summed E-state index contributed by atoms with van der Waals surface area (Å²) < 4.78 is 0. The molecule has 0 radical (unpaired) electrons. The first kappa shape index (κ1) is 22.8. The summed E-state index contributed by atoms with van der Waals surface area (Å²) in [5.41, 5.74) is 9.70. The molecule has 2 aromatic heterocycles. The SMILES string of the molecule is NC(=NNC(=O)c1csc(C2CCN(C(=O)Cc3ccccc3Cl)CC2)n1)c1cnccn1. The lowest BCUT2D eigenvalue weighted by Crippen LogP contribution is -2.38. The van der Waals surface area contributed by atoms with Crippen LogP contribution in [0.3, 0.4) is 0 Å². The van der Waals surface area contributed by atoms with E-state index in [1.165, 1.54) is 29.9 Å². The minimum absolute atomic E-state index is 0.0562. The second-order valence-corrected chi connectivity index (χ2v) is 8.82. The van der Waals surface area contributed by atoms with Gasteiger partial charge in [-0.1, -0.05) is 29.8 Å². The summed E-state index contributed by atoms with van der Waals surface area (Å²) in [7, 11) is 0. The van der Waals surface area contributed by atoms with Crippen LogP contribution in [0.15, 0.2) is 53.3 Å². The number of aromatic nitrogens is 3. The molecule has 1 saturated heterocycles. The Morgan fingerprint density at radius 1 is 1.21 bits per heavy atom. The fourth-order valence-corrected chi connectivity index (χ4v) is 4.70. The molecule has 3 heterocycles. The summed E-state index contributed by atoms with van der Waals surface area (Å²) in [6.45, 7) is 1.29. The average Bonchev–Trinajstić information content (AvgIpc) is 3.35. The summed E-state index contributed by atoms with van der Waals surface area (Å²) in [6.07, 6.45) is 6.34. The Balaban J connectivity index is 1.30. The molecule has 1 aliphatic rings. The van der Waals surface area contributed by atoms with Crippen LogP contribution >= 0.6 is 22.9 Å². The molecule has 1 aliphatic heterocycles. The normalized spacial score (nSPS) is 14.8. The Morgan fingerprint density at radius 3 is 2.73 bits per heavy atom. The zero-order valence-electron chi connectivity index (χ0n) is 17.6. The maximum absolute atomic E-state index is 12.7. The predicted molar refractivity (Wildman–Crippen MR) is 126 cm³/mol. The molecule has 4 rings (SSSR count). The van der Waals surface area contributed by atoms with Gasteiger partial charge in [-0.3, -0.25) is 14.6 Å². The first-order chi connectivity index (χ1) is 16.0. The number of benzene rings is 1. The van der Waals surface area contributed by atoms with Crippen LogP contribution in [0, 0.1) is 0 Å². The lowest BCUT2D eigenvalue weighted by Gasteiger charge is -2.31. The lowest BCUT2D eigenvalue weighted by atomic mass is 9.97. The highest BCUT2D eigenvalue weighted by molar-refractivity contribution is 7.09. The van der Waals surface area contributed by atoms with E-state index in [0.717, 1.165) is 23.4 Å². The number of hydrogen-bond donors (Lipinski definition) is 2. The van der Waals surface area contributed by atoms with Gasteiger partial charge in [-0.15, -0.1) is 11.3 Å². The maximum Gasteiger partial charge on any atom is 0.290 e. The third kappa shape index (κ3) is 5.71. The highest BCUT2D eigenvalue weighted by Gasteiger charge is 2.26. The molecular weight excluding hydrogens is 462 g/mol. The number of amidine groups is 1. The number of likely N-dealkylation sites (tertiary alicyclic amines) is 1. The van der Waals surface area contributed by atoms with Crippen LogP contribution in [0.1, 0.15) is 45.5 Å². The van der Waals surface area contributed by atoms with Crippen LogP contribution in [-0.4, -0.2) is 50.6 Å². The van der Waals surface area contributed by atoms with Crippen molar-refractivity contribution in [1.82, 2.24) is 25.3 Å². The molecule has 33 heavy (non-hydrogen) atoms. The Kier molecular flexibility index (Phi) is 7.26.